The Bertz CT molecular complexity index is 1370. The first-order valence-corrected chi connectivity index (χ1v) is 12.4. The zero-order chi connectivity index (χ0) is 26.6. The summed E-state index contributed by atoms with van der Waals surface area (Å²) in [5, 5.41) is 11.4. The molecule has 1 heterocycles. The number of hydrogen-bond acceptors (Lipinski definition) is 5. The number of para-hydroxylation sites is 1. The van der Waals surface area contributed by atoms with E-state index in [9.17, 15) is 9.59 Å². The summed E-state index contributed by atoms with van der Waals surface area (Å²) in [5.74, 6) is 0.0835. The third-order valence-electron chi connectivity index (χ3n) is 6.03. The van der Waals surface area contributed by atoms with Gasteiger partial charge in [0.05, 0.1) is 12.6 Å². The summed E-state index contributed by atoms with van der Waals surface area (Å²) in [6.07, 6.45) is 0.875. The van der Waals surface area contributed by atoms with E-state index in [1.54, 1.807) is 36.1 Å². The molecule has 192 valence electrons. The second-order valence-electron chi connectivity index (χ2n) is 9.93. The first-order valence-electron chi connectivity index (χ1n) is 12.4. The van der Waals surface area contributed by atoms with Crippen LogP contribution in [0, 0.1) is 0 Å². The van der Waals surface area contributed by atoms with Gasteiger partial charge in [0.2, 0.25) is 11.8 Å². The Morgan fingerprint density at radius 3 is 2.30 bits per heavy atom. The van der Waals surface area contributed by atoms with Gasteiger partial charge in [0, 0.05) is 11.2 Å². The lowest BCUT2D eigenvalue weighted by molar-refractivity contribution is -0.128. The first-order chi connectivity index (χ1) is 17.7. The molecule has 0 radical (unpaired) electrons. The molecular formula is C29H33N5O3. The lowest BCUT2D eigenvalue weighted by Crippen LogP contribution is -2.50. The Morgan fingerprint density at radius 2 is 1.68 bits per heavy atom. The smallest absolute Gasteiger partial charge is 0.249 e. The molecule has 0 saturated heterocycles. The average molecular weight is 500 g/mol. The lowest BCUT2D eigenvalue weighted by Gasteiger charge is -2.34. The minimum Gasteiger partial charge on any atom is -0.497 e. The number of amides is 2. The van der Waals surface area contributed by atoms with Crippen LogP contribution in [-0.4, -0.2) is 39.5 Å². The highest BCUT2D eigenvalue weighted by molar-refractivity contribution is 6.01. The van der Waals surface area contributed by atoms with E-state index in [4.69, 9.17) is 4.74 Å². The highest BCUT2D eigenvalue weighted by Gasteiger charge is 2.34. The van der Waals surface area contributed by atoms with E-state index in [0.717, 1.165) is 17.5 Å². The quantitative estimate of drug-likeness (QED) is 0.380. The highest BCUT2D eigenvalue weighted by atomic mass is 16.5. The largest absolute Gasteiger partial charge is 0.497 e. The number of fused-ring (bicyclic) bond motifs is 1. The van der Waals surface area contributed by atoms with Crippen molar-refractivity contribution in [1.29, 1.82) is 0 Å². The Balaban J connectivity index is 1.81. The van der Waals surface area contributed by atoms with Crippen LogP contribution in [0.15, 0.2) is 72.8 Å². The SMILES string of the molecule is CCc1ccc([C@@H](C(=O)NC(C)(C)C)N(C(=O)Cn2nnc3ccccc32)c2ccc(OC)cc2)cc1. The van der Waals surface area contributed by atoms with Gasteiger partial charge in [-0.2, -0.15) is 0 Å². The zero-order valence-electron chi connectivity index (χ0n) is 21.9. The van der Waals surface area contributed by atoms with Gasteiger partial charge in [0.15, 0.2) is 0 Å². The number of aromatic nitrogens is 3. The highest BCUT2D eigenvalue weighted by Crippen LogP contribution is 2.31. The van der Waals surface area contributed by atoms with Crippen molar-refractivity contribution in [3.8, 4) is 5.75 Å². The number of anilines is 1. The predicted octanol–water partition coefficient (Wildman–Crippen LogP) is 4.69. The number of aryl methyl sites for hydroxylation is 1. The van der Waals surface area contributed by atoms with Gasteiger partial charge in [-0.1, -0.05) is 48.5 Å². The summed E-state index contributed by atoms with van der Waals surface area (Å²) in [5.41, 5.74) is 3.39. The molecule has 1 N–H and O–H groups in total. The maximum Gasteiger partial charge on any atom is 0.249 e. The van der Waals surface area contributed by atoms with Crippen molar-refractivity contribution in [2.24, 2.45) is 0 Å². The van der Waals surface area contributed by atoms with Crippen LogP contribution < -0.4 is 15.0 Å². The van der Waals surface area contributed by atoms with Gasteiger partial charge in [-0.25, -0.2) is 4.68 Å². The number of hydrogen-bond donors (Lipinski definition) is 1. The van der Waals surface area contributed by atoms with Crippen LogP contribution in [-0.2, 0) is 22.6 Å². The topological polar surface area (TPSA) is 89.4 Å². The molecule has 4 aromatic rings. The third-order valence-corrected chi connectivity index (χ3v) is 6.03. The fourth-order valence-electron chi connectivity index (χ4n) is 4.21. The fourth-order valence-corrected chi connectivity index (χ4v) is 4.21. The molecule has 8 nitrogen and oxygen atoms in total. The van der Waals surface area contributed by atoms with Crippen molar-refractivity contribution >= 4 is 28.5 Å². The van der Waals surface area contributed by atoms with Crippen molar-refractivity contribution in [3.05, 3.63) is 83.9 Å². The second kappa shape index (κ2) is 10.8. The third kappa shape index (κ3) is 5.97. The summed E-state index contributed by atoms with van der Waals surface area (Å²) >= 11 is 0. The summed E-state index contributed by atoms with van der Waals surface area (Å²) in [6, 6.07) is 21.5. The lowest BCUT2D eigenvalue weighted by atomic mass is 9.99. The van der Waals surface area contributed by atoms with Crippen LogP contribution in [0.5, 0.6) is 5.75 Å². The van der Waals surface area contributed by atoms with Crippen LogP contribution in [0.2, 0.25) is 0 Å². The van der Waals surface area contributed by atoms with E-state index in [-0.39, 0.29) is 18.4 Å². The molecule has 0 saturated carbocycles. The van der Waals surface area contributed by atoms with Crippen LogP contribution in [0.25, 0.3) is 11.0 Å². The van der Waals surface area contributed by atoms with Crippen molar-refractivity contribution in [3.63, 3.8) is 0 Å². The Kier molecular flexibility index (Phi) is 7.57. The predicted molar refractivity (Wildman–Crippen MR) is 144 cm³/mol. The van der Waals surface area contributed by atoms with Gasteiger partial charge >= 0.3 is 0 Å². The van der Waals surface area contributed by atoms with Crippen molar-refractivity contribution in [1.82, 2.24) is 20.3 Å². The normalized spacial score (nSPS) is 12.2. The summed E-state index contributed by atoms with van der Waals surface area (Å²) in [7, 11) is 1.59. The van der Waals surface area contributed by atoms with Gasteiger partial charge in [-0.3, -0.25) is 14.5 Å². The van der Waals surface area contributed by atoms with Crippen molar-refractivity contribution < 1.29 is 14.3 Å². The van der Waals surface area contributed by atoms with Gasteiger partial charge in [0.25, 0.3) is 0 Å². The number of benzene rings is 3. The Labute approximate surface area is 217 Å². The van der Waals surface area contributed by atoms with Gasteiger partial charge < -0.3 is 10.1 Å². The number of rotatable bonds is 8. The molecule has 0 aliphatic heterocycles. The molecule has 0 aliphatic rings. The maximum atomic E-state index is 14.0. The molecule has 4 rings (SSSR count). The van der Waals surface area contributed by atoms with Crippen LogP contribution >= 0.6 is 0 Å². The zero-order valence-corrected chi connectivity index (χ0v) is 21.9. The van der Waals surface area contributed by atoms with Crippen molar-refractivity contribution in [2.45, 2.75) is 52.2 Å². The summed E-state index contributed by atoms with van der Waals surface area (Å²) in [4.78, 5) is 29.4. The van der Waals surface area contributed by atoms with Crippen LogP contribution in [0.3, 0.4) is 0 Å². The molecule has 0 aliphatic carbocycles. The number of nitrogens with zero attached hydrogens (tertiary/aromatic N) is 4. The number of carbonyl (C=O) groups is 2. The average Bonchev–Trinajstić information content (AvgIpc) is 3.29. The maximum absolute atomic E-state index is 14.0. The first kappa shape index (κ1) is 25.9. The van der Waals surface area contributed by atoms with E-state index in [1.807, 2.05) is 69.3 Å². The van der Waals surface area contributed by atoms with Gasteiger partial charge in [0.1, 0.15) is 23.9 Å². The number of nitrogens with one attached hydrogen (secondary N) is 1. The summed E-state index contributed by atoms with van der Waals surface area (Å²) in [6.45, 7) is 7.75. The van der Waals surface area contributed by atoms with Crippen LogP contribution in [0.1, 0.15) is 44.9 Å². The molecule has 8 heteroatoms. The second-order valence-corrected chi connectivity index (χ2v) is 9.93. The molecular weight excluding hydrogens is 466 g/mol. The number of carbonyl (C=O) groups excluding carboxylic acids is 2. The van der Waals surface area contributed by atoms with E-state index in [0.29, 0.717) is 22.5 Å². The molecule has 1 aromatic heterocycles. The van der Waals surface area contributed by atoms with Gasteiger partial charge in [-0.05, 0) is 74.7 Å². The number of methoxy groups -OCH3 is 1. The number of ether oxygens (including phenoxy) is 1. The van der Waals surface area contributed by atoms with Crippen molar-refractivity contribution in [2.75, 3.05) is 12.0 Å². The molecule has 0 unspecified atom stereocenters. The molecule has 3 aromatic carbocycles. The Hall–Kier alpha value is -4.20. The molecule has 0 spiro atoms. The van der Waals surface area contributed by atoms with E-state index >= 15 is 0 Å². The monoisotopic (exact) mass is 499 g/mol. The molecule has 37 heavy (non-hydrogen) atoms. The van der Waals surface area contributed by atoms with Crippen LogP contribution in [0.4, 0.5) is 5.69 Å². The molecule has 0 bridgehead atoms. The minimum absolute atomic E-state index is 0.0844. The van der Waals surface area contributed by atoms with Gasteiger partial charge in [-0.15, -0.1) is 5.10 Å². The standard InChI is InChI=1S/C29H33N5O3/c1-6-20-11-13-21(14-12-20)27(28(36)30-29(2,3)4)34(22-15-17-23(37-5)18-16-22)26(35)19-33-25-10-8-7-9-24(25)31-32-33/h7-18,27H,6,19H2,1-5H3,(H,30,36)/t27-/m0/s1. The van der Waals surface area contributed by atoms with E-state index < -0.39 is 11.6 Å². The molecule has 1 atom stereocenters. The molecule has 2 amide bonds. The minimum atomic E-state index is -0.902. The fraction of sp³-hybridized carbons (Fsp3) is 0.310. The van der Waals surface area contributed by atoms with E-state index in [2.05, 4.69) is 22.6 Å². The molecule has 0 fully saturated rings. The Morgan fingerprint density at radius 1 is 1.00 bits per heavy atom. The summed E-state index contributed by atoms with van der Waals surface area (Å²) < 4.78 is 6.88. The van der Waals surface area contributed by atoms with E-state index in [1.165, 1.54) is 4.90 Å².